The van der Waals surface area contributed by atoms with Gasteiger partial charge in [-0.25, -0.2) is 0 Å². The molecule has 3 heteroatoms. The molecule has 0 bridgehead atoms. The van der Waals surface area contributed by atoms with Crippen LogP contribution in [0, 0.1) is 0 Å². The molecule has 2 nitrogen and oxygen atoms in total. The van der Waals surface area contributed by atoms with Gasteiger partial charge in [-0.3, -0.25) is 4.68 Å². The number of alkyl halides is 1. The predicted molar refractivity (Wildman–Crippen MR) is 60.4 cm³/mol. The molecule has 0 radical (unpaired) electrons. The molecule has 0 amide bonds. The summed E-state index contributed by atoms with van der Waals surface area (Å²) in [5.41, 5.74) is 2.58. The summed E-state index contributed by atoms with van der Waals surface area (Å²) >= 11 is 3.45. The molecular formula is C11H11BrN2. The van der Waals surface area contributed by atoms with Crippen LogP contribution in [0.4, 0.5) is 0 Å². The van der Waals surface area contributed by atoms with Crippen molar-refractivity contribution in [3.8, 4) is 0 Å². The number of nitrogens with zero attached hydrogens (tertiary/aromatic N) is 2. The van der Waals surface area contributed by atoms with E-state index in [1.165, 1.54) is 11.1 Å². The van der Waals surface area contributed by atoms with Gasteiger partial charge >= 0.3 is 0 Å². The van der Waals surface area contributed by atoms with E-state index in [4.69, 9.17) is 0 Å². The molecule has 0 saturated heterocycles. The van der Waals surface area contributed by atoms with Crippen LogP contribution in [-0.2, 0) is 11.9 Å². The zero-order valence-corrected chi connectivity index (χ0v) is 9.31. The fraction of sp³-hybridized carbons (Fsp3) is 0.182. The average molecular weight is 251 g/mol. The highest BCUT2D eigenvalue weighted by Crippen LogP contribution is 2.09. The Morgan fingerprint density at radius 3 is 2.79 bits per heavy atom. The summed E-state index contributed by atoms with van der Waals surface area (Å²) in [6, 6.07) is 10.4. The molecule has 0 unspecified atom stereocenters. The van der Waals surface area contributed by atoms with Crippen molar-refractivity contribution in [1.29, 1.82) is 0 Å². The van der Waals surface area contributed by atoms with E-state index >= 15 is 0 Å². The Labute approximate surface area is 91.7 Å². The lowest BCUT2D eigenvalue weighted by molar-refractivity contribution is 0.686. The van der Waals surface area contributed by atoms with Crippen molar-refractivity contribution in [2.75, 3.05) is 0 Å². The summed E-state index contributed by atoms with van der Waals surface area (Å²) in [6.07, 6.45) is 3.77. The largest absolute Gasteiger partial charge is 0.268 e. The first-order valence-electron chi connectivity index (χ1n) is 4.50. The first kappa shape index (κ1) is 9.46. The van der Waals surface area contributed by atoms with Gasteiger partial charge in [0.2, 0.25) is 0 Å². The van der Waals surface area contributed by atoms with Gasteiger partial charge in [-0.2, -0.15) is 5.10 Å². The first-order chi connectivity index (χ1) is 6.88. The summed E-state index contributed by atoms with van der Waals surface area (Å²) < 4.78 is 1.92. The number of halogens is 1. The zero-order chi connectivity index (χ0) is 9.80. The number of rotatable bonds is 3. The Bertz CT molecular complexity index is 395. The van der Waals surface area contributed by atoms with Gasteiger partial charge in [-0.1, -0.05) is 40.2 Å². The van der Waals surface area contributed by atoms with E-state index in [9.17, 15) is 0 Å². The molecule has 2 aromatic rings. The third-order valence-corrected chi connectivity index (χ3v) is 2.70. The van der Waals surface area contributed by atoms with Gasteiger partial charge in [0.15, 0.2) is 0 Å². The predicted octanol–water partition coefficient (Wildman–Crippen LogP) is 2.83. The first-order valence-corrected chi connectivity index (χ1v) is 5.62. The molecule has 14 heavy (non-hydrogen) atoms. The Balaban J connectivity index is 2.17. The van der Waals surface area contributed by atoms with Gasteiger partial charge < -0.3 is 0 Å². The van der Waals surface area contributed by atoms with Gasteiger partial charge in [0.25, 0.3) is 0 Å². The summed E-state index contributed by atoms with van der Waals surface area (Å²) in [5.74, 6) is 0. The fourth-order valence-electron chi connectivity index (χ4n) is 1.39. The lowest BCUT2D eigenvalue weighted by Crippen LogP contribution is -1.99. The number of hydrogen-bond acceptors (Lipinski definition) is 1. The topological polar surface area (TPSA) is 17.8 Å². The van der Waals surface area contributed by atoms with Crippen LogP contribution in [0.5, 0.6) is 0 Å². The van der Waals surface area contributed by atoms with Crippen LogP contribution in [0.2, 0.25) is 0 Å². The Morgan fingerprint density at radius 1 is 1.21 bits per heavy atom. The fourth-order valence-corrected chi connectivity index (χ4v) is 1.74. The van der Waals surface area contributed by atoms with E-state index in [0.29, 0.717) is 0 Å². The van der Waals surface area contributed by atoms with Crippen molar-refractivity contribution < 1.29 is 0 Å². The molecule has 1 aromatic carbocycles. The van der Waals surface area contributed by atoms with E-state index in [2.05, 4.69) is 45.3 Å². The second-order valence-electron chi connectivity index (χ2n) is 3.16. The minimum absolute atomic E-state index is 0.841. The summed E-state index contributed by atoms with van der Waals surface area (Å²) in [5, 5.41) is 5.07. The minimum atomic E-state index is 0.841. The van der Waals surface area contributed by atoms with E-state index in [0.717, 1.165) is 11.9 Å². The van der Waals surface area contributed by atoms with Gasteiger partial charge in [-0.15, -0.1) is 0 Å². The molecule has 1 heterocycles. The van der Waals surface area contributed by atoms with Crippen molar-refractivity contribution in [3.05, 3.63) is 53.9 Å². The SMILES string of the molecule is BrCc1cccc(Cn2cccn2)c1. The molecule has 72 valence electrons. The van der Waals surface area contributed by atoms with Gasteiger partial charge in [0, 0.05) is 17.7 Å². The van der Waals surface area contributed by atoms with E-state index in [1.54, 1.807) is 6.20 Å². The third kappa shape index (κ3) is 2.23. The smallest absolute Gasteiger partial charge is 0.0659 e. The highest BCUT2D eigenvalue weighted by molar-refractivity contribution is 9.08. The molecule has 0 atom stereocenters. The molecule has 0 aliphatic carbocycles. The zero-order valence-electron chi connectivity index (χ0n) is 7.73. The third-order valence-electron chi connectivity index (χ3n) is 2.05. The maximum atomic E-state index is 4.17. The standard InChI is InChI=1S/C11H11BrN2/c12-8-10-3-1-4-11(7-10)9-14-6-2-5-13-14/h1-7H,8-9H2. The molecular weight excluding hydrogens is 240 g/mol. The average Bonchev–Trinajstić information content (AvgIpc) is 2.71. The number of hydrogen-bond donors (Lipinski definition) is 0. The van der Waals surface area contributed by atoms with Crippen LogP contribution in [-0.4, -0.2) is 9.78 Å². The van der Waals surface area contributed by atoms with Gasteiger partial charge in [0.1, 0.15) is 0 Å². The van der Waals surface area contributed by atoms with Crippen LogP contribution >= 0.6 is 15.9 Å². The second kappa shape index (κ2) is 4.42. The molecule has 2 rings (SSSR count). The van der Waals surface area contributed by atoms with E-state index in [1.807, 2.05) is 16.9 Å². The highest BCUT2D eigenvalue weighted by Gasteiger charge is 1.96. The number of aromatic nitrogens is 2. The molecule has 0 aliphatic heterocycles. The maximum absolute atomic E-state index is 4.17. The van der Waals surface area contributed by atoms with Crippen LogP contribution in [0.3, 0.4) is 0 Å². The Hall–Kier alpha value is -1.09. The molecule has 1 aromatic heterocycles. The minimum Gasteiger partial charge on any atom is -0.268 e. The lowest BCUT2D eigenvalue weighted by Gasteiger charge is -2.03. The quantitative estimate of drug-likeness (QED) is 0.767. The highest BCUT2D eigenvalue weighted by atomic mass is 79.9. The summed E-state index contributed by atoms with van der Waals surface area (Å²) in [6.45, 7) is 0.841. The molecule has 0 aliphatic rings. The van der Waals surface area contributed by atoms with E-state index in [-0.39, 0.29) is 0 Å². The van der Waals surface area contributed by atoms with Crippen molar-refractivity contribution in [2.45, 2.75) is 11.9 Å². The van der Waals surface area contributed by atoms with Crippen molar-refractivity contribution in [3.63, 3.8) is 0 Å². The molecule has 0 spiro atoms. The van der Waals surface area contributed by atoms with Gasteiger partial charge in [0.05, 0.1) is 6.54 Å². The lowest BCUT2D eigenvalue weighted by atomic mass is 10.1. The second-order valence-corrected chi connectivity index (χ2v) is 3.72. The van der Waals surface area contributed by atoms with Crippen LogP contribution in [0.1, 0.15) is 11.1 Å². The maximum Gasteiger partial charge on any atom is 0.0659 e. The van der Waals surface area contributed by atoms with Crippen molar-refractivity contribution in [2.24, 2.45) is 0 Å². The normalized spacial score (nSPS) is 10.4. The van der Waals surface area contributed by atoms with Crippen molar-refractivity contribution in [1.82, 2.24) is 9.78 Å². The Morgan fingerprint density at radius 2 is 2.07 bits per heavy atom. The molecule has 0 saturated carbocycles. The van der Waals surface area contributed by atoms with Crippen LogP contribution in [0.15, 0.2) is 42.7 Å². The summed E-state index contributed by atoms with van der Waals surface area (Å²) in [4.78, 5) is 0. The molecule has 0 fully saturated rings. The number of benzene rings is 1. The van der Waals surface area contributed by atoms with Crippen LogP contribution in [0.25, 0.3) is 0 Å². The summed E-state index contributed by atoms with van der Waals surface area (Å²) in [7, 11) is 0. The molecule has 0 N–H and O–H groups in total. The van der Waals surface area contributed by atoms with Crippen LogP contribution < -0.4 is 0 Å². The van der Waals surface area contributed by atoms with E-state index < -0.39 is 0 Å². The van der Waals surface area contributed by atoms with Crippen molar-refractivity contribution >= 4 is 15.9 Å². The van der Waals surface area contributed by atoms with Gasteiger partial charge in [-0.05, 0) is 17.2 Å². The monoisotopic (exact) mass is 250 g/mol. The Kier molecular flexibility index (Phi) is 2.99.